The van der Waals surface area contributed by atoms with Crippen molar-refractivity contribution in [2.45, 2.75) is 32.1 Å². The van der Waals surface area contributed by atoms with Crippen molar-refractivity contribution in [2.75, 3.05) is 18.5 Å². The molecule has 1 saturated carbocycles. The first-order chi connectivity index (χ1) is 9.08. The highest BCUT2D eigenvalue weighted by Gasteiger charge is 2.31. The maximum absolute atomic E-state index is 11.8. The Morgan fingerprint density at radius 1 is 1.47 bits per heavy atom. The quantitative estimate of drug-likeness (QED) is 0.885. The summed E-state index contributed by atoms with van der Waals surface area (Å²) in [5, 5.41) is 16.9. The van der Waals surface area contributed by atoms with Crippen molar-refractivity contribution in [1.29, 1.82) is 0 Å². The molecule has 0 unspecified atom stereocenters. The third-order valence-electron chi connectivity index (χ3n) is 3.98. The number of aromatic nitrogens is 2. The van der Waals surface area contributed by atoms with Crippen molar-refractivity contribution in [2.24, 2.45) is 12.5 Å². The Hall–Kier alpha value is -0.880. The second-order valence-electron chi connectivity index (χ2n) is 5.37. The minimum absolute atomic E-state index is 0.0568. The first-order valence-electron chi connectivity index (χ1n) is 6.64. The number of aliphatic hydroxyl groups is 1. The van der Waals surface area contributed by atoms with Crippen molar-refractivity contribution in [3.05, 3.63) is 21.0 Å². The lowest BCUT2D eigenvalue weighted by Crippen LogP contribution is -2.36. The SMILES string of the molecule is Cn1ncc(NCC2(CO)CCCCC2)c(Br)c1=O. The van der Waals surface area contributed by atoms with Gasteiger partial charge in [-0.05, 0) is 28.8 Å². The average Bonchev–Trinajstić information content (AvgIpc) is 2.45. The first-order valence-corrected chi connectivity index (χ1v) is 7.44. The molecule has 0 saturated heterocycles. The molecule has 2 N–H and O–H groups in total. The Kier molecular flexibility index (Phi) is 4.62. The molecule has 1 aliphatic carbocycles. The summed E-state index contributed by atoms with van der Waals surface area (Å²) in [7, 11) is 1.62. The first kappa shape index (κ1) is 14.5. The van der Waals surface area contributed by atoms with Gasteiger partial charge in [0.1, 0.15) is 4.47 Å². The molecule has 0 atom stereocenters. The van der Waals surface area contributed by atoms with E-state index in [2.05, 4.69) is 26.3 Å². The van der Waals surface area contributed by atoms with Crippen LogP contribution in [0.15, 0.2) is 15.5 Å². The zero-order valence-corrected chi connectivity index (χ0v) is 12.7. The number of nitrogens with zero attached hydrogens (tertiary/aromatic N) is 2. The van der Waals surface area contributed by atoms with Crippen molar-refractivity contribution < 1.29 is 5.11 Å². The molecule has 0 aliphatic heterocycles. The molecule has 1 aromatic rings. The summed E-state index contributed by atoms with van der Waals surface area (Å²) in [6.07, 6.45) is 7.29. The van der Waals surface area contributed by atoms with E-state index in [4.69, 9.17) is 0 Å². The number of hydrogen-bond acceptors (Lipinski definition) is 4. The molecule has 0 spiro atoms. The molecule has 1 aromatic heterocycles. The largest absolute Gasteiger partial charge is 0.396 e. The summed E-state index contributed by atoms with van der Waals surface area (Å²) in [5.74, 6) is 0. The molecule has 1 fully saturated rings. The number of aliphatic hydroxyl groups excluding tert-OH is 1. The van der Waals surface area contributed by atoms with Gasteiger partial charge in [-0.3, -0.25) is 4.79 Å². The van der Waals surface area contributed by atoms with Crippen molar-refractivity contribution in [1.82, 2.24) is 9.78 Å². The van der Waals surface area contributed by atoms with Crippen LogP contribution in [0.2, 0.25) is 0 Å². The van der Waals surface area contributed by atoms with Gasteiger partial charge in [-0.15, -0.1) is 0 Å². The van der Waals surface area contributed by atoms with Gasteiger partial charge in [0, 0.05) is 19.0 Å². The minimum atomic E-state index is -0.160. The van der Waals surface area contributed by atoms with E-state index >= 15 is 0 Å². The van der Waals surface area contributed by atoms with E-state index in [0.29, 0.717) is 16.7 Å². The molecule has 0 aromatic carbocycles. The van der Waals surface area contributed by atoms with Crippen LogP contribution in [-0.4, -0.2) is 28.0 Å². The second-order valence-corrected chi connectivity index (χ2v) is 6.17. The van der Waals surface area contributed by atoms with Gasteiger partial charge in [-0.1, -0.05) is 19.3 Å². The summed E-state index contributed by atoms with van der Waals surface area (Å²) < 4.78 is 1.78. The van der Waals surface area contributed by atoms with Crippen LogP contribution < -0.4 is 10.9 Å². The topological polar surface area (TPSA) is 67.2 Å². The molecule has 0 bridgehead atoms. The van der Waals surface area contributed by atoms with Gasteiger partial charge in [0.25, 0.3) is 5.56 Å². The highest BCUT2D eigenvalue weighted by molar-refractivity contribution is 9.10. The lowest BCUT2D eigenvalue weighted by atomic mass is 9.74. The molecule has 0 amide bonds. The number of aryl methyl sites for hydroxylation is 1. The molecule has 1 heterocycles. The number of hydrogen-bond donors (Lipinski definition) is 2. The zero-order valence-electron chi connectivity index (χ0n) is 11.2. The average molecular weight is 330 g/mol. The predicted molar refractivity (Wildman–Crippen MR) is 78.3 cm³/mol. The summed E-state index contributed by atoms with van der Waals surface area (Å²) >= 11 is 3.30. The molecule has 1 aliphatic rings. The number of halogens is 1. The third-order valence-corrected chi connectivity index (χ3v) is 4.75. The van der Waals surface area contributed by atoms with Crippen molar-refractivity contribution in [3.8, 4) is 0 Å². The van der Waals surface area contributed by atoms with E-state index in [9.17, 15) is 9.90 Å². The summed E-state index contributed by atoms with van der Waals surface area (Å²) in [6, 6.07) is 0. The van der Waals surface area contributed by atoms with Crippen molar-refractivity contribution >= 4 is 21.6 Å². The van der Waals surface area contributed by atoms with E-state index in [0.717, 1.165) is 25.7 Å². The Morgan fingerprint density at radius 2 is 2.16 bits per heavy atom. The molecular formula is C13H20BrN3O2. The molecular weight excluding hydrogens is 310 g/mol. The van der Waals surface area contributed by atoms with Gasteiger partial charge in [0.05, 0.1) is 18.5 Å². The highest BCUT2D eigenvalue weighted by Crippen LogP contribution is 2.36. The maximum Gasteiger partial charge on any atom is 0.282 e. The molecule has 0 radical (unpaired) electrons. The normalized spacial score (nSPS) is 18.3. The van der Waals surface area contributed by atoms with E-state index < -0.39 is 0 Å². The fraction of sp³-hybridized carbons (Fsp3) is 0.692. The van der Waals surface area contributed by atoms with Crippen LogP contribution in [-0.2, 0) is 7.05 Å². The van der Waals surface area contributed by atoms with E-state index in [1.807, 2.05) is 0 Å². The summed E-state index contributed by atoms with van der Waals surface area (Å²) in [6.45, 7) is 0.868. The monoisotopic (exact) mass is 329 g/mol. The van der Waals surface area contributed by atoms with E-state index in [1.165, 1.54) is 11.1 Å². The van der Waals surface area contributed by atoms with Gasteiger partial charge in [-0.2, -0.15) is 5.10 Å². The van der Waals surface area contributed by atoms with Crippen LogP contribution in [0.5, 0.6) is 0 Å². The van der Waals surface area contributed by atoms with Gasteiger partial charge in [0.15, 0.2) is 0 Å². The van der Waals surface area contributed by atoms with Gasteiger partial charge in [0.2, 0.25) is 0 Å². The Labute approximate surface area is 121 Å². The lowest BCUT2D eigenvalue weighted by molar-refractivity contribution is 0.0944. The van der Waals surface area contributed by atoms with Crippen LogP contribution in [0.25, 0.3) is 0 Å². The number of rotatable bonds is 4. The molecule has 106 valence electrons. The smallest absolute Gasteiger partial charge is 0.282 e. The van der Waals surface area contributed by atoms with E-state index in [-0.39, 0.29) is 17.6 Å². The zero-order chi connectivity index (χ0) is 13.9. The molecule has 19 heavy (non-hydrogen) atoms. The molecule has 2 rings (SSSR count). The predicted octanol–water partition coefficient (Wildman–Crippen LogP) is 1.90. The van der Waals surface area contributed by atoms with E-state index in [1.54, 1.807) is 13.2 Å². The molecule has 6 heteroatoms. The number of anilines is 1. The van der Waals surface area contributed by atoms with Crippen LogP contribution in [0.3, 0.4) is 0 Å². The minimum Gasteiger partial charge on any atom is -0.396 e. The Morgan fingerprint density at radius 3 is 2.79 bits per heavy atom. The van der Waals surface area contributed by atoms with Gasteiger partial charge >= 0.3 is 0 Å². The summed E-state index contributed by atoms with van der Waals surface area (Å²) in [5.41, 5.74) is 0.479. The Bertz CT molecular complexity index is 495. The lowest BCUT2D eigenvalue weighted by Gasteiger charge is -2.36. The van der Waals surface area contributed by atoms with Crippen LogP contribution in [0.4, 0.5) is 5.69 Å². The second kappa shape index (κ2) is 6.05. The highest BCUT2D eigenvalue weighted by atomic mass is 79.9. The van der Waals surface area contributed by atoms with Crippen LogP contribution >= 0.6 is 15.9 Å². The van der Waals surface area contributed by atoms with Gasteiger partial charge < -0.3 is 10.4 Å². The van der Waals surface area contributed by atoms with Crippen LogP contribution in [0.1, 0.15) is 32.1 Å². The fourth-order valence-corrected chi connectivity index (χ4v) is 3.11. The maximum atomic E-state index is 11.8. The fourth-order valence-electron chi connectivity index (χ4n) is 2.61. The molecule has 5 nitrogen and oxygen atoms in total. The van der Waals surface area contributed by atoms with Crippen molar-refractivity contribution in [3.63, 3.8) is 0 Å². The summed E-state index contributed by atoms with van der Waals surface area (Å²) in [4.78, 5) is 11.8. The van der Waals surface area contributed by atoms with Crippen LogP contribution in [0, 0.1) is 5.41 Å². The standard InChI is InChI=1S/C13H20BrN3O2/c1-17-12(19)11(14)10(7-16-17)15-8-13(9-18)5-3-2-4-6-13/h7,15,18H,2-6,8-9H2,1H3. The van der Waals surface area contributed by atoms with Gasteiger partial charge in [-0.25, -0.2) is 4.68 Å². The third kappa shape index (κ3) is 3.17. The number of nitrogens with one attached hydrogen (secondary N) is 1. The Balaban J connectivity index is 2.09.